The Labute approximate surface area is 93.8 Å². The smallest absolute Gasteiger partial charge is 0.216 e. The number of nitrogens with one attached hydrogen (secondary N) is 1. The van der Waals surface area contributed by atoms with Gasteiger partial charge in [0.1, 0.15) is 0 Å². The molecule has 1 rings (SSSR count). The normalized spacial score (nSPS) is 12.6. The van der Waals surface area contributed by atoms with Crippen LogP contribution in [-0.4, -0.2) is 26.0 Å². The average Bonchev–Trinajstić information content (AvgIpc) is 2.27. The van der Waals surface area contributed by atoms with E-state index in [2.05, 4.69) is 9.88 Å². The van der Waals surface area contributed by atoms with Crippen LogP contribution in [0.3, 0.4) is 0 Å². The summed E-state index contributed by atoms with van der Waals surface area (Å²) in [5.74, 6) is -0.316. The Balaban J connectivity index is 2.60. The van der Waals surface area contributed by atoms with E-state index in [1.807, 2.05) is 0 Å². The van der Waals surface area contributed by atoms with E-state index in [4.69, 9.17) is 10.9 Å². The zero-order valence-electron chi connectivity index (χ0n) is 8.50. The number of amidine groups is 1. The van der Waals surface area contributed by atoms with Gasteiger partial charge in [0, 0.05) is 0 Å². The molecule has 0 fully saturated rings. The van der Waals surface area contributed by atoms with Gasteiger partial charge in [-0.2, -0.15) is 0 Å². The predicted molar refractivity (Wildman–Crippen MR) is 60.5 cm³/mol. The quantitative estimate of drug-likeness (QED) is 0.289. The first-order valence-corrected chi connectivity index (χ1v) is 6.16. The van der Waals surface area contributed by atoms with E-state index in [9.17, 15) is 8.42 Å². The molecule has 0 saturated carbocycles. The molecular formula is C9H13N3O3S. The van der Waals surface area contributed by atoms with E-state index < -0.39 is 10.0 Å². The lowest BCUT2D eigenvalue weighted by Gasteiger charge is -2.05. The summed E-state index contributed by atoms with van der Waals surface area (Å²) in [7, 11) is -3.46. The third kappa shape index (κ3) is 4.28. The lowest BCUT2D eigenvalue weighted by Crippen LogP contribution is -2.34. The minimum absolute atomic E-state index is 0.132. The third-order valence-electron chi connectivity index (χ3n) is 1.80. The molecule has 0 unspecified atom stereocenters. The summed E-state index contributed by atoms with van der Waals surface area (Å²) in [6.07, 6.45) is 0. The van der Waals surface area contributed by atoms with Crippen molar-refractivity contribution >= 4 is 15.9 Å². The summed E-state index contributed by atoms with van der Waals surface area (Å²) in [6, 6.07) is 8.74. The van der Waals surface area contributed by atoms with Crippen molar-refractivity contribution < 1.29 is 13.6 Å². The number of nitrogens with two attached hydrogens (primary N) is 1. The van der Waals surface area contributed by atoms with Gasteiger partial charge in [-0.3, -0.25) is 0 Å². The second-order valence-corrected chi connectivity index (χ2v) is 4.96. The van der Waals surface area contributed by atoms with Crippen molar-refractivity contribution in [3.05, 3.63) is 35.9 Å². The van der Waals surface area contributed by atoms with Crippen LogP contribution in [0.25, 0.3) is 0 Å². The number of hydrogen-bond acceptors (Lipinski definition) is 4. The second kappa shape index (κ2) is 5.47. The van der Waals surface area contributed by atoms with Crippen molar-refractivity contribution in [2.75, 3.05) is 6.54 Å². The second-order valence-electron chi connectivity index (χ2n) is 3.16. The molecule has 0 aliphatic heterocycles. The van der Waals surface area contributed by atoms with Crippen LogP contribution in [0.5, 0.6) is 0 Å². The summed E-state index contributed by atoms with van der Waals surface area (Å²) < 4.78 is 25.2. The minimum atomic E-state index is -3.46. The molecule has 0 aliphatic rings. The summed E-state index contributed by atoms with van der Waals surface area (Å²) >= 11 is 0. The maximum atomic E-state index is 11.5. The van der Waals surface area contributed by atoms with E-state index in [1.54, 1.807) is 30.3 Å². The predicted octanol–water partition coefficient (Wildman–Crippen LogP) is -0.148. The standard InChI is InChI=1S/C9H13N3O3S/c10-9(12-13)6-11-16(14,15)7-8-4-2-1-3-5-8/h1-5,11,13H,6-7H2,(H2,10,12). The summed E-state index contributed by atoms with van der Waals surface area (Å²) in [5, 5.41) is 10.9. The first-order chi connectivity index (χ1) is 7.53. The Bertz CT molecular complexity index is 456. The number of nitrogens with zero attached hydrogens (tertiary/aromatic N) is 1. The summed E-state index contributed by atoms with van der Waals surface area (Å²) in [4.78, 5) is 0. The van der Waals surface area contributed by atoms with Crippen molar-refractivity contribution in [3.8, 4) is 0 Å². The highest BCUT2D eigenvalue weighted by atomic mass is 32.2. The fourth-order valence-electron chi connectivity index (χ4n) is 1.06. The zero-order valence-corrected chi connectivity index (χ0v) is 9.31. The Kier molecular flexibility index (Phi) is 4.27. The van der Waals surface area contributed by atoms with Crippen LogP contribution in [0, 0.1) is 0 Å². The Morgan fingerprint density at radius 2 is 2.00 bits per heavy atom. The number of benzene rings is 1. The molecule has 0 aromatic heterocycles. The lowest BCUT2D eigenvalue weighted by molar-refractivity contribution is 0.317. The van der Waals surface area contributed by atoms with Crippen LogP contribution in [0.2, 0.25) is 0 Å². The fourth-order valence-corrected chi connectivity index (χ4v) is 2.17. The van der Waals surface area contributed by atoms with E-state index >= 15 is 0 Å². The molecule has 4 N–H and O–H groups in total. The first-order valence-electron chi connectivity index (χ1n) is 4.51. The van der Waals surface area contributed by atoms with Crippen molar-refractivity contribution in [2.24, 2.45) is 10.9 Å². The van der Waals surface area contributed by atoms with Gasteiger partial charge in [-0.15, -0.1) is 0 Å². The highest BCUT2D eigenvalue weighted by molar-refractivity contribution is 7.88. The molecule has 0 bridgehead atoms. The Hall–Kier alpha value is -1.60. The van der Waals surface area contributed by atoms with Gasteiger partial charge in [-0.25, -0.2) is 13.1 Å². The molecule has 0 aliphatic carbocycles. The molecule has 6 nitrogen and oxygen atoms in total. The van der Waals surface area contributed by atoms with Crippen LogP contribution in [-0.2, 0) is 15.8 Å². The van der Waals surface area contributed by atoms with Crippen LogP contribution in [0.15, 0.2) is 35.5 Å². The molecule has 0 spiro atoms. The number of rotatable bonds is 5. The highest BCUT2D eigenvalue weighted by Crippen LogP contribution is 2.03. The van der Waals surface area contributed by atoms with Gasteiger partial charge in [-0.05, 0) is 5.56 Å². The number of hydrogen-bond donors (Lipinski definition) is 3. The number of oxime groups is 1. The lowest BCUT2D eigenvalue weighted by atomic mass is 10.2. The zero-order chi connectivity index (χ0) is 12.0. The number of sulfonamides is 1. The van der Waals surface area contributed by atoms with Crippen LogP contribution in [0.1, 0.15) is 5.56 Å². The summed E-state index contributed by atoms with van der Waals surface area (Å²) in [6.45, 7) is -0.203. The minimum Gasteiger partial charge on any atom is -0.409 e. The van der Waals surface area contributed by atoms with Crippen molar-refractivity contribution in [1.82, 2.24) is 4.72 Å². The first kappa shape index (κ1) is 12.5. The maximum Gasteiger partial charge on any atom is 0.216 e. The molecule has 1 aromatic rings. The maximum absolute atomic E-state index is 11.5. The molecular weight excluding hydrogens is 230 g/mol. The van der Waals surface area contributed by atoms with Gasteiger partial charge in [0.15, 0.2) is 5.84 Å². The van der Waals surface area contributed by atoms with Gasteiger partial charge in [0.25, 0.3) is 0 Å². The van der Waals surface area contributed by atoms with Gasteiger partial charge in [-0.1, -0.05) is 35.5 Å². The monoisotopic (exact) mass is 243 g/mol. The molecule has 0 saturated heterocycles. The van der Waals surface area contributed by atoms with Crippen LogP contribution in [0.4, 0.5) is 0 Å². The Morgan fingerprint density at radius 1 is 1.38 bits per heavy atom. The van der Waals surface area contributed by atoms with Gasteiger partial charge in [0.05, 0.1) is 12.3 Å². The highest BCUT2D eigenvalue weighted by Gasteiger charge is 2.11. The van der Waals surface area contributed by atoms with Crippen molar-refractivity contribution in [3.63, 3.8) is 0 Å². The molecule has 0 heterocycles. The molecule has 16 heavy (non-hydrogen) atoms. The third-order valence-corrected chi connectivity index (χ3v) is 3.10. The molecule has 0 atom stereocenters. The Morgan fingerprint density at radius 3 is 2.56 bits per heavy atom. The van der Waals surface area contributed by atoms with Crippen LogP contribution >= 0.6 is 0 Å². The largest absolute Gasteiger partial charge is 0.409 e. The summed E-state index contributed by atoms with van der Waals surface area (Å²) in [5.41, 5.74) is 5.82. The molecule has 0 amide bonds. The van der Waals surface area contributed by atoms with Gasteiger partial charge >= 0.3 is 0 Å². The fraction of sp³-hybridized carbons (Fsp3) is 0.222. The van der Waals surface area contributed by atoms with Gasteiger partial charge < -0.3 is 10.9 Å². The molecule has 88 valence electrons. The molecule has 1 aromatic carbocycles. The van der Waals surface area contributed by atoms with Gasteiger partial charge in [0.2, 0.25) is 10.0 Å². The molecule has 7 heteroatoms. The van der Waals surface area contributed by atoms with E-state index in [-0.39, 0.29) is 18.1 Å². The van der Waals surface area contributed by atoms with E-state index in [0.29, 0.717) is 5.56 Å². The van der Waals surface area contributed by atoms with Crippen molar-refractivity contribution in [1.29, 1.82) is 0 Å². The molecule has 0 radical (unpaired) electrons. The topological polar surface area (TPSA) is 105 Å². The van der Waals surface area contributed by atoms with E-state index in [1.165, 1.54) is 0 Å². The SMILES string of the molecule is N/C(CNS(=O)(=O)Cc1ccccc1)=N/O. The average molecular weight is 243 g/mol. The van der Waals surface area contributed by atoms with Crippen LogP contribution < -0.4 is 10.5 Å². The van der Waals surface area contributed by atoms with E-state index in [0.717, 1.165) is 0 Å². The van der Waals surface area contributed by atoms with Crippen molar-refractivity contribution in [2.45, 2.75) is 5.75 Å².